The second-order valence-electron chi connectivity index (χ2n) is 10.5. The standard InChI is InChI=1S/C29H29FN4O5S/c1-29(39-3)15-33(16-29)28-31-22-6-5-18(11-26(22)40-28)34-14-20(27(36)37)25(35)12-24(34)17-4-7-23(21(30)10-17)32-9-8-19(13-32)38-2/h4-7,10-12,14,19H,8-9,13,15-16H2,1-3H3,(H,36,37). The normalized spacial score (nSPS) is 18.4. The van der Waals surface area contributed by atoms with E-state index < -0.39 is 17.2 Å². The summed E-state index contributed by atoms with van der Waals surface area (Å²) in [7, 11) is 3.36. The zero-order chi connectivity index (χ0) is 28.2. The minimum Gasteiger partial charge on any atom is -0.477 e. The number of fused-ring (bicyclic) bond motifs is 1. The van der Waals surface area contributed by atoms with Gasteiger partial charge in [-0.15, -0.1) is 0 Å². The van der Waals surface area contributed by atoms with Gasteiger partial charge < -0.3 is 28.9 Å². The van der Waals surface area contributed by atoms with Gasteiger partial charge in [0.15, 0.2) is 10.6 Å². The molecule has 11 heteroatoms. The third kappa shape index (κ3) is 4.63. The van der Waals surface area contributed by atoms with Crippen LogP contribution in [0.3, 0.4) is 0 Å². The summed E-state index contributed by atoms with van der Waals surface area (Å²) >= 11 is 1.53. The number of anilines is 2. The van der Waals surface area contributed by atoms with E-state index in [2.05, 4.69) is 11.8 Å². The van der Waals surface area contributed by atoms with Crippen LogP contribution in [0.2, 0.25) is 0 Å². The lowest BCUT2D eigenvalue weighted by molar-refractivity contribution is -0.0167. The number of aromatic carboxylic acids is 1. The van der Waals surface area contributed by atoms with Gasteiger partial charge in [-0.2, -0.15) is 0 Å². The number of rotatable bonds is 7. The fraction of sp³-hybridized carbons (Fsp3) is 0.345. The molecule has 4 heterocycles. The summed E-state index contributed by atoms with van der Waals surface area (Å²) in [5, 5.41) is 10.5. The minimum atomic E-state index is -1.33. The molecular weight excluding hydrogens is 535 g/mol. The fourth-order valence-corrected chi connectivity index (χ4v) is 6.40. The van der Waals surface area contributed by atoms with Gasteiger partial charge in [0.1, 0.15) is 11.4 Å². The van der Waals surface area contributed by atoms with E-state index in [4.69, 9.17) is 14.5 Å². The molecule has 0 amide bonds. The number of carboxylic acids is 1. The minimum absolute atomic E-state index is 0.0561. The zero-order valence-corrected chi connectivity index (χ0v) is 23.2. The Labute approximate surface area is 234 Å². The van der Waals surface area contributed by atoms with Crippen molar-refractivity contribution in [1.82, 2.24) is 9.55 Å². The van der Waals surface area contributed by atoms with Gasteiger partial charge in [0.25, 0.3) is 0 Å². The number of carbonyl (C=O) groups is 1. The summed E-state index contributed by atoms with van der Waals surface area (Å²) in [6.45, 7) is 4.83. The van der Waals surface area contributed by atoms with E-state index >= 15 is 4.39 Å². The second-order valence-corrected chi connectivity index (χ2v) is 11.5. The molecule has 0 bridgehead atoms. The number of benzene rings is 2. The number of aromatic nitrogens is 2. The summed E-state index contributed by atoms with van der Waals surface area (Å²) in [6, 6.07) is 11.7. The maximum Gasteiger partial charge on any atom is 0.341 e. The molecule has 2 aliphatic rings. The molecule has 1 unspecified atom stereocenters. The third-order valence-corrected chi connectivity index (χ3v) is 8.88. The van der Waals surface area contributed by atoms with Crippen LogP contribution in [0, 0.1) is 5.82 Å². The Bertz CT molecular complexity index is 1680. The van der Waals surface area contributed by atoms with Crippen LogP contribution in [0.4, 0.5) is 15.2 Å². The van der Waals surface area contributed by atoms with Crippen molar-refractivity contribution >= 4 is 38.3 Å². The highest BCUT2D eigenvalue weighted by atomic mass is 32.1. The second kappa shape index (κ2) is 9.99. The average molecular weight is 565 g/mol. The maximum absolute atomic E-state index is 15.4. The smallest absolute Gasteiger partial charge is 0.341 e. The molecule has 40 heavy (non-hydrogen) atoms. The summed E-state index contributed by atoms with van der Waals surface area (Å²) in [5.41, 5.74) is 1.56. The van der Waals surface area contributed by atoms with Crippen molar-refractivity contribution in [2.45, 2.75) is 25.0 Å². The van der Waals surface area contributed by atoms with E-state index in [1.54, 1.807) is 30.9 Å². The van der Waals surface area contributed by atoms with Crippen LogP contribution in [0.25, 0.3) is 27.2 Å². The highest BCUT2D eigenvalue weighted by molar-refractivity contribution is 7.22. The van der Waals surface area contributed by atoms with Gasteiger partial charge >= 0.3 is 5.97 Å². The number of hydrogen-bond donors (Lipinski definition) is 1. The lowest BCUT2D eigenvalue weighted by Gasteiger charge is -2.46. The molecule has 2 aromatic carbocycles. The number of hydrogen-bond acceptors (Lipinski definition) is 8. The molecule has 0 saturated carbocycles. The Morgan fingerprint density at radius 2 is 1.95 bits per heavy atom. The van der Waals surface area contributed by atoms with Crippen molar-refractivity contribution in [2.24, 2.45) is 0 Å². The van der Waals surface area contributed by atoms with Crippen molar-refractivity contribution in [3.63, 3.8) is 0 Å². The van der Waals surface area contributed by atoms with Gasteiger partial charge in [-0.3, -0.25) is 4.79 Å². The first-order valence-electron chi connectivity index (χ1n) is 13.0. The van der Waals surface area contributed by atoms with Gasteiger partial charge in [-0.05, 0) is 43.7 Å². The fourth-order valence-electron chi connectivity index (χ4n) is 5.40. The first-order valence-corrected chi connectivity index (χ1v) is 13.8. The monoisotopic (exact) mass is 564 g/mol. The number of halogens is 1. The van der Waals surface area contributed by atoms with Gasteiger partial charge in [-0.1, -0.05) is 17.4 Å². The van der Waals surface area contributed by atoms with Crippen LogP contribution in [0.1, 0.15) is 23.7 Å². The van der Waals surface area contributed by atoms with Crippen LogP contribution in [-0.2, 0) is 9.47 Å². The Balaban J connectivity index is 1.40. The molecule has 4 aromatic rings. The number of nitrogens with zero attached hydrogens (tertiary/aromatic N) is 4. The molecule has 2 fully saturated rings. The first-order chi connectivity index (χ1) is 19.2. The van der Waals surface area contributed by atoms with E-state index in [9.17, 15) is 14.7 Å². The Kier molecular flexibility index (Phi) is 6.60. The summed E-state index contributed by atoms with van der Waals surface area (Å²) < 4.78 is 28.9. The average Bonchev–Trinajstić information content (AvgIpc) is 3.57. The summed E-state index contributed by atoms with van der Waals surface area (Å²) in [6.07, 6.45) is 2.18. The van der Waals surface area contributed by atoms with Gasteiger partial charge in [0, 0.05) is 50.8 Å². The highest BCUT2D eigenvalue weighted by Crippen LogP contribution is 2.37. The van der Waals surface area contributed by atoms with Crippen LogP contribution < -0.4 is 15.2 Å². The van der Waals surface area contributed by atoms with Crippen molar-refractivity contribution in [3.05, 3.63) is 70.3 Å². The largest absolute Gasteiger partial charge is 0.477 e. The molecule has 0 spiro atoms. The number of carboxylic acid groups (broad SMARTS) is 1. The van der Waals surface area contributed by atoms with E-state index in [0.29, 0.717) is 35.7 Å². The number of pyridine rings is 1. The number of methoxy groups -OCH3 is 2. The van der Waals surface area contributed by atoms with Crippen molar-refractivity contribution in [1.29, 1.82) is 0 Å². The lowest BCUT2D eigenvalue weighted by atomic mass is 9.97. The summed E-state index contributed by atoms with van der Waals surface area (Å²) in [5.74, 6) is -1.75. The van der Waals surface area contributed by atoms with Crippen molar-refractivity contribution in [3.8, 4) is 16.9 Å². The molecule has 1 atom stereocenters. The topological polar surface area (TPSA) is 97.1 Å². The van der Waals surface area contributed by atoms with Crippen molar-refractivity contribution in [2.75, 3.05) is 50.2 Å². The van der Waals surface area contributed by atoms with Crippen LogP contribution in [0.5, 0.6) is 0 Å². The zero-order valence-electron chi connectivity index (χ0n) is 22.4. The van der Waals surface area contributed by atoms with E-state index in [1.807, 2.05) is 23.1 Å². The quantitative estimate of drug-likeness (QED) is 0.353. The molecule has 208 valence electrons. The molecule has 1 N–H and O–H groups in total. The molecule has 9 nitrogen and oxygen atoms in total. The molecule has 0 aliphatic carbocycles. The Hall–Kier alpha value is -3.80. The van der Waals surface area contributed by atoms with Crippen LogP contribution in [0.15, 0.2) is 53.5 Å². The molecule has 2 aromatic heterocycles. The Morgan fingerprint density at radius 3 is 2.62 bits per heavy atom. The van der Waals surface area contributed by atoms with Gasteiger partial charge in [0.05, 0.1) is 46.4 Å². The first kappa shape index (κ1) is 26.4. The van der Waals surface area contributed by atoms with Gasteiger partial charge in [-0.25, -0.2) is 14.2 Å². The van der Waals surface area contributed by atoms with Crippen molar-refractivity contribution < 1.29 is 23.8 Å². The Morgan fingerprint density at radius 1 is 1.15 bits per heavy atom. The highest BCUT2D eigenvalue weighted by Gasteiger charge is 2.40. The number of ether oxygens (including phenoxy) is 2. The predicted molar refractivity (Wildman–Crippen MR) is 153 cm³/mol. The van der Waals surface area contributed by atoms with Gasteiger partial charge in [0.2, 0.25) is 0 Å². The molecule has 6 rings (SSSR count). The molecular formula is C29H29FN4O5S. The third-order valence-electron chi connectivity index (χ3n) is 7.80. The molecule has 0 radical (unpaired) electrons. The van der Waals surface area contributed by atoms with E-state index in [1.165, 1.54) is 29.7 Å². The van der Waals surface area contributed by atoms with Crippen LogP contribution >= 0.6 is 11.3 Å². The van der Waals surface area contributed by atoms with Crippen LogP contribution in [-0.4, -0.2) is 72.7 Å². The maximum atomic E-state index is 15.4. The molecule has 2 aliphatic heterocycles. The van der Waals surface area contributed by atoms with E-state index in [0.717, 1.165) is 34.9 Å². The lowest BCUT2D eigenvalue weighted by Crippen LogP contribution is -2.61. The molecule has 2 saturated heterocycles. The van der Waals surface area contributed by atoms with E-state index in [-0.39, 0.29) is 17.3 Å². The summed E-state index contributed by atoms with van der Waals surface area (Å²) in [4.78, 5) is 33.4. The number of thiazole rings is 1. The SMILES string of the molecule is COC1CCN(c2ccc(-c3cc(=O)c(C(=O)O)cn3-c3ccc4nc(N5CC(C)(OC)C5)sc4c3)cc2F)C1. The predicted octanol–water partition coefficient (Wildman–Crippen LogP) is 4.40.